The molecule has 1 aromatic rings. The van der Waals surface area contributed by atoms with Gasteiger partial charge in [-0.1, -0.05) is 12.1 Å². The summed E-state index contributed by atoms with van der Waals surface area (Å²) >= 11 is 0. The lowest BCUT2D eigenvalue weighted by atomic mass is 10.1. The Morgan fingerprint density at radius 1 is 1.27 bits per heavy atom. The number of aromatic carboxylic acids is 1. The molecule has 0 aliphatic heterocycles. The Bertz CT molecular complexity index is 359. The maximum Gasteiger partial charge on any atom is 0.338 e. The van der Waals surface area contributed by atoms with Crippen molar-refractivity contribution in [1.29, 1.82) is 0 Å². The van der Waals surface area contributed by atoms with Gasteiger partial charge in [0.15, 0.2) is 0 Å². The van der Waals surface area contributed by atoms with Crippen LogP contribution in [0, 0.1) is 0 Å². The Morgan fingerprint density at radius 3 is 2.27 bits per heavy atom. The molecule has 0 fully saturated rings. The van der Waals surface area contributed by atoms with Crippen LogP contribution in [0.2, 0.25) is 0 Å². The molecule has 5 heteroatoms. The van der Waals surface area contributed by atoms with Gasteiger partial charge in [-0.2, -0.15) is 0 Å². The fraction of sp³-hybridized carbons (Fsp3) is 0.200. The SMILES string of the molecule is CCOC(=O)c1ccccc1C(=O)O.O. The zero-order valence-electron chi connectivity index (χ0n) is 8.19. The Balaban J connectivity index is 0.00000196. The van der Waals surface area contributed by atoms with Crippen LogP contribution >= 0.6 is 0 Å². The molecule has 5 nitrogen and oxygen atoms in total. The maximum absolute atomic E-state index is 11.3. The highest BCUT2D eigenvalue weighted by molar-refractivity contribution is 6.02. The summed E-state index contributed by atoms with van der Waals surface area (Å²) < 4.78 is 4.72. The van der Waals surface area contributed by atoms with Gasteiger partial charge in [-0.25, -0.2) is 9.59 Å². The first-order valence-corrected chi connectivity index (χ1v) is 4.16. The van der Waals surface area contributed by atoms with E-state index in [0.29, 0.717) is 0 Å². The van der Waals surface area contributed by atoms with Crippen molar-refractivity contribution in [2.75, 3.05) is 6.61 Å². The highest BCUT2D eigenvalue weighted by Gasteiger charge is 2.15. The number of benzene rings is 1. The number of carboxylic acids is 1. The van der Waals surface area contributed by atoms with Crippen LogP contribution in [0.3, 0.4) is 0 Å². The molecular formula is C10H12O5. The maximum atomic E-state index is 11.3. The first-order valence-electron chi connectivity index (χ1n) is 4.16. The van der Waals surface area contributed by atoms with Gasteiger partial charge in [0.2, 0.25) is 0 Å². The van der Waals surface area contributed by atoms with Crippen LogP contribution in [0.5, 0.6) is 0 Å². The minimum absolute atomic E-state index is 0. The molecule has 0 saturated heterocycles. The van der Waals surface area contributed by atoms with E-state index in [0.717, 1.165) is 0 Å². The monoisotopic (exact) mass is 212 g/mol. The molecule has 0 heterocycles. The Hall–Kier alpha value is -1.88. The van der Waals surface area contributed by atoms with E-state index in [2.05, 4.69) is 0 Å². The van der Waals surface area contributed by atoms with Gasteiger partial charge < -0.3 is 15.3 Å². The normalized spacial score (nSPS) is 8.87. The Kier molecular flexibility index (Phi) is 5.04. The third-order valence-corrected chi connectivity index (χ3v) is 1.65. The predicted molar refractivity (Wildman–Crippen MR) is 53.0 cm³/mol. The average Bonchev–Trinajstić information content (AvgIpc) is 2.18. The summed E-state index contributed by atoms with van der Waals surface area (Å²) in [5.41, 5.74) is 0.0489. The third-order valence-electron chi connectivity index (χ3n) is 1.65. The molecule has 0 bridgehead atoms. The van der Waals surface area contributed by atoms with E-state index < -0.39 is 11.9 Å². The zero-order valence-corrected chi connectivity index (χ0v) is 8.19. The molecule has 0 aromatic heterocycles. The van der Waals surface area contributed by atoms with E-state index >= 15 is 0 Å². The number of carbonyl (C=O) groups is 2. The molecule has 15 heavy (non-hydrogen) atoms. The minimum Gasteiger partial charge on any atom is -0.478 e. The Labute approximate surface area is 86.6 Å². The topological polar surface area (TPSA) is 95.1 Å². The Morgan fingerprint density at radius 2 is 1.80 bits per heavy atom. The molecule has 0 unspecified atom stereocenters. The van der Waals surface area contributed by atoms with Crippen LogP contribution in [0.1, 0.15) is 27.6 Å². The molecule has 0 amide bonds. The quantitative estimate of drug-likeness (QED) is 0.747. The van der Waals surface area contributed by atoms with Crippen molar-refractivity contribution in [2.45, 2.75) is 6.92 Å². The molecular weight excluding hydrogens is 200 g/mol. The van der Waals surface area contributed by atoms with Gasteiger partial charge in [0, 0.05) is 0 Å². The van der Waals surface area contributed by atoms with E-state index in [1.54, 1.807) is 19.1 Å². The van der Waals surface area contributed by atoms with Crippen LogP contribution in [0.15, 0.2) is 24.3 Å². The van der Waals surface area contributed by atoms with Crippen molar-refractivity contribution < 1.29 is 24.9 Å². The van der Waals surface area contributed by atoms with E-state index in [1.165, 1.54) is 12.1 Å². The van der Waals surface area contributed by atoms with Crippen LogP contribution in [-0.4, -0.2) is 29.1 Å². The molecule has 0 aliphatic carbocycles. The molecule has 0 saturated carbocycles. The van der Waals surface area contributed by atoms with Gasteiger partial charge in [-0.05, 0) is 19.1 Å². The predicted octanol–water partition coefficient (Wildman–Crippen LogP) is 0.737. The number of hydrogen-bond acceptors (Lipinski definition) is 3. The summed E-state index contributed by atoms with van der Waals surface area (Å²) in [6.45, 7) is 1.90. The van der Waals surface area contributed by atoms with Crippen molar-refractivity contribution >= 4 is 11.9 Å². The van der Waals surface area contributed by atoms with E-state index in [4.69, 9.17) is 9.84 Å². The minimum atomic E-state index is -1.13. The standard InChI is InChI=1S/C10H10O4.H2O/c1-2-14-10(13)8-6-4-3-5-7(8)9(11)12;/h3-6H,2H2,1H3,(H,11,12);1H2. The summed E-state index contributed by atoms with van der Waals surface area (Å²) in [6, 6.07) is 5.96. The first kappa shape index (κ1) is 13.1. The van der Waals surface area contributed by atoms with Gasteiger partial charge in [0.1, 0.15) is 0 Å². The van der Waals surface area contributed by atoms with Crippen LogP contribution in [0.25, 0.3) is 0 Å². The van der Waals surface area contributed by atoms with Crippen molar-refractivity contribution in [2.24, 2.45) is 0 Å². The molecule has 3 N–H and O–H groups in total. The van der Waals surface area contributed by atoms with Crippen LogP contribution < -0.4 is 0 Å². The van der Waals surface area contributed by atoms with Gasteiger partial charge in [0.05, 0.1) is 17.7 Å². The highest BCUT2D eigenvalue weighted by atomic mass is 16.5. The lowest BCUT2D eigenvalue weighted by Gasteiger charge is -2.04. The van der Waals surface area contributed by atoms with Crippen LogP contribution in [0.4, 0.5) is 0 Å². The second kappa shape index (κ2) is 5.77. The largest absolute Gasteiger partial charge is 0.478 e. The van der Waals surface area contributed by atoms with Gasteiger partial charge >= 0.3 is 11.9 Å². The van der Waals surface area contributed by atoms with Crippen molar-refractivity contribution in [3.63, 3.8) is 0 Å². The lowest BCUT2D eigenvalue weighted by Crippen LogP contribution is -2.11. The fourth-order valence-electron chi connectivity index (χ4n) is 1.06. The van der Waals surface area contributed by atoms with Gasteiger partial charge in [0.25, 0.3) is 0 Å². The second-order valence-electron chi connectivity index (χ2n) is 2.57. The highest BCUT2D eigenvalue weighted by Crippen LogP contribution is 2.09. The van der Waals surface area contributed by atoms with Crippen molar-refractivity contribution in [1.82, 2.24) is 0 Å². The molecule has 0 spiro atoms. The summed E-state index contributed by atoms with van der Waals surface area (Å²) in [5, 5.41) is 8.77. The van der Waals surface area contributed by atoms with Crippen molar-refractivity contribution in [3.05, 3.63) is 35.4 Å². The number of esters is 1. The zero-order chi connectivity index (χ0) is 10.6. The number of carbonyl (C=O) groups excluding carboxylic acids is 1. The molecule has 0 radical (unpaired) electrons. The third kappa shape index (κ3) is 3.07. The molecule has 1 aromatic carbocycles. The van der Waals surface area contributed by atoms with Crippen LogP contribution in [-0.2, 0) is 4.74 Å². The number of hydrogen-bond donors (Lipinski definition) is 1. The first-order chi connectivity index (χ1) is 6.66. The van der Waals surface area contributed by atoms with Gasteiger partial charge in [-0.3, -0.25) is 0 Å². The number of carboxylic acid groups (broad SMARTS) is 1. The average molecular weight is 212 g/mol. The van der Waals surface area contributed by atoms with Crippen molar-refractivity contribution in [3.8, 4) is 0 Å². The number of rotatable bonds is 3. The summed E-state index contributed by atoms with van der Waals surface area (Å²) in [6.07, 6.45) is 0. The molecule has 82 valence electrons. The lowest BCUT2D eigenvalue weighted by molar-refractivity contribution is 0.0514. The summed E-state index contributed by atoms with van der Waals surface area (Å²) in [5.74, 6) is -1.74. The smallest absolute Gasteiger partial charge is 0.338 e. The second-order valence-corrected chi connectivity index (χ2v) is 2.57. The summed E-state index contributed by atoms with van der Waals surface area (Å²) in [4.78, 5) is 22.0. The molecule has 0 atom stereocenters. The van der Waals surface area contributed by atoms with E-state index in [-0.39, 0.29) is 23.2 Å². The van der Waals surface area contributed by atoms with Gasteiger partial charge in [-0.15, -0.1) is 0 Å². The summed E-state index contributed by atoms with van der Waals surface area (Å²) in [7, 11) is 0. The van der Waals surface area contributed by atoms with E-state index in [9.17, 15) is 9.59 Å². The molecule has 0 aliphatic rings. The van der Waals surface area contributed by atoms with E-state index in [1.807, 2.05) is 0 Å². The number of ether oxygens (including phenoxy) is 1. The molecule has 1 rings (SSSR count). The fourth-order valence-corrected chi connectivity index (χ4v) is 1.06.